The van der Waals surface area contributed by atoms with Gasteiger partial charge in [-0.25, -0.2) is 14.8 Å². The van der Waals surface area contributed by atoms with Gasteiger partial charge in [0.15, 0.2) is 0 Å². The molecule has 5 heteroatoms. The summed E-state index contributed by atoms with van der Waals surface area (Å²) in [6.07, 6.45) is 1.24. The molecule has 70 valence electrons. The van der Waals surface area contributed by atoms with Crippen LogP contribution in [0, 0.1) is 0 Å². The number of nitrogen functional groups attached to an aromatic ring is 1. The SMILES string of the molecule is CC(C)c1nc(N)ncc1C(=O)O. The van der Waals surface area contributed by atoms with Crippen LogP contribution < -0.4 is 5.73 Å². The van der Waals surface area contributed by atoms with Crippen LogP contribution in [-0.4, -0.2) is 21.0 Å². The average molecular weight is 181 g/mol. The number of carboxylic acids is 1. The van der Waals surface area contributed by atoms with E-state index >= 15 is 0 Å². The van der Waals surface area contributed by atoms with E-state index < -0.39 is 5.97 Å². The fraction of sp³-hybridized carbons (Fsp3) is 0.375. The Bertz CT molecular complexity index is 336. The Kier molecular flexibility index (Phi) is 2.46. The normalized spacial score (nSPS) is 10.4. The van der Waals surface area contributed by atoms with Crippen LogP contribution in [0.25, 0.3) is 0 Å². The molecule has 13 heavy (non-hydrogen) atoms. The van der Waals surface area contributed by atoms with Gasteiger partial charge in [-0.15, -0.1) is 0 Å². The van der Waals surface area contributed by atoms with Crippen molar-refractivity contribution in [3.8, 4) is 0 Å². The largest absolute Gasteiger partial charge is 0.478 e. The van der Waals surface area contributed by atoms with E-state index in [0.29, 0.717) is 5.69 Å². The standard InChI is InChI=1S/C8H11N3O2/c1-4(2)6-5(7(12)13)3-10-8(9)11-6/h3-4H,1-2H3,(H,12,13)(H2,9,10,11). The average Bonchev–Trinajstić information content (AvgIpc) is 2.03. The number of aromatic carboxylic acids is 1. The summed E-state index contributed by atoms with van der Waals surface area (Å²) in [4.78, 5) is 18.2. The highest BCUT2D eigenvalue weighted by atomic mass is 16.4. The lowest BCUT2D eigenvalue weighted by atomic mass is 10.1. The van der Waals surface area contributed by atoms with Crippen LogP contribution in [0.3, 0.4) is 0 Å². The minimum atomic E-state index is -1.02. The van der Waals surface area contributed by atoms with E-state index in [-0.39, 0.29) is 17.4 Å². The van der Waals surface area contributed by atoms with E-state index in [9.17, 15) is 4.79 Å². The third-order valence-corrected chi connectivity index (χ3v) is 1.61. The lowest BCUT2D eigenvalue weighted by molar-refractivity contribution is 0.0694. The Morgan fingerprint density at radius 3 is 2.69 bits per heavy atom. The summed E-state index contributed by atoms with van der Waals surface area (Å²) < 4.78 is 0. The van der Waals surface area contributed by atoms with Crippen molar-refractivity contribution in [3.05, 3.63) is 17.5 Å². The molecule has 0 saturated carbocycles. The fourth-order valence-corrected chi connectivity index (χ4v) is 1.01. The lowest BCUT2D eigenvalue weighted by Gasteiger charge is -2.07. The van der Waals surface area contributed by atoms with E-state index in [2.05, 4.69) is 9.97 Å². The minimum Gasteiger partial charge on any atom is -0.478 e. The molecule has 1 rings (SSSR count). The second-order valence-corrected chi connectivity index (χ2v) is 2.99. The third kappa shape index (κ3) is 1.93. The molecule has 1 aromatic rings. The third-order valence-electron chi connectivity index (χ3n) is 1.61. The number of nitrogens with two attached hydrogens (primary N) is 1. The highest BCUT2D eigenvalue weighted by Crippen LogP contribution is 2.16. The molecule has 0 bridgehead atoms. The number of aromatic nitrogens is 2. The molecule has 5 nitrogen and oxygen atoms in total. The van der Waals surface area contributed by atoms with Crippen LogP contribution in [0.2, 0.25) is 0 Å². The maximum absolute atomic E-state index is 10.7. The zero-order chi connectivity index (χ0) is 10.0. The molecule has 1 aromatic heterocycles. The van der Waals surface area contributed by atoms with Crippen molar-refractivity contribution in [1.29, 1.82) is 0 Å². The predicted molar refractivity (Wildman–Crippen MR) is 47.5 cm³/mol. The number of hydrogen-bond donors (Lipinski definition) is 2. The molecule has 0 aliphatic carbocycles. The molecule has 0 saturated heterocycles. The first-order chi connectivity index (χ1) is 6.02. The van der Waals surface area contributed by atoms with Crippen LogP contribution in [0.4, 0.5) is 5.95 Å². The summed E-state index contributed by atoms with van der Waals surface area (Å²) in [5, 5.41) is 8.78. The second kappa shape index (κ2) is 3.38. The maximum atomic E-state index is 10.7. The topological polar surface area (TPSA) is 89.1 Å². The Morgan fingerprint density at radius 2 is 2.23 bits per heavy atom. The van der Waals surface area contributed by atoms with Crippen LogP contribution in [0.1, 0.15) is 35.8 Å². The van der Waals surface area contributed by atoms with Gasteiger partial charge in [-0.05, 0) is 5.92 Å². The van der Waals surface area contributed by atoms with Gasteiger partial charge >= 0.3 is 5.97 Å². The van der Waals surface area contributed by atoms with Crippen molar-refractivity contribution in [2.45, 2.75) is 19.8 Å². The molecule has 0 aliphatic rings. The predicted octanol–water partition coefficient (Wildman–Crippen LogP) is 0.880. The van der Waals surface area contributed by atoms with E-state index in [1.54, 1.807) is 0 Å². The number of nitrogens with zero attached hydrogens (tertiary/aromatic N) is 2. The Balaban J connectivity index is 3.26. The highest BCUT2D eigenvalue weighted by molar-refractivity contribution is 5.88. The van der Waals surface area contributed by atoms with Gasteiger partial charge in [0.25, 0.3) is 0 Å². The van der Waals surface area contributed by atoms with Crippen molar-refractivity contribution < 1.29 is 9.90 Å². The smallest absolute Gasteiger partial charge is 0.339 e. The number of hydrogen-bond acceptors (Lipinski definition) is 4. The Morgan fingerprint density at radius 1 is 1.62 bits per heavy atom. The molecule has 0 spiro atoms. The van der Waals surface area contributed by atoms with Crippen LogP contribution in [0.5, 0.6) is 0 Å². The van der Waals surface area contributed by atoms with Crippen LogP contribution >= 0.6 is 0 Å². The molecule has 0 aromatic carbocycles. The second-order valence-electron chi connectivity index (χ2n) is 2.99. The zero-order valence-corrected chi connectivity index (χ0v) is 7.48. The summed E-state index contributed by atoms with van der Waals surface area (Å²) in [6.45, 7) is 3.71. The van der Waals surface area contributed by atoms with Crippen LogP contribution in [-0.2, 0) is 0 Å². The van der Waals surface area contributed by atoms with Gasteiger partial charge in [0, 0.05) is 6.20 Å². The fourth-order valence-electron chi connectivity index (χ4n) is 1.01. The first-order valence-corrected chi connectivity index (χ1v) is 3.88. The first-order valence-electron chi connectivity index (χ1n) is 3.88. The molecular formula is C8H11N3O2. The van der Waals surface area contributed by atoms with E-state index in [1.165, 1.54) is 6.20 Å². The van der Waals surface area contributed by atoms with Crippen molar-refractivity contribution in [3.63, 3.8) is 0 Å². The Labute approximate surface area is 75.6 Å². The van der Waals surface area contributed by atoms with Crippen molar-refractivity contribution in [2.75, 3.05) is 5.73 Å². The number of rotatable bonds is 2. The molecule has 3 N–H and O–H groups in total. The molecule has 0 atom stereocenters. The highest BCUT2D eigenvalue weighted by Gasteiger charge is 2.14. The molecule has 0 aliphatic heterocycles. The number of carboxylic acid groups (broad SMARTS) is 1. The van der Waals surface area contributed by atoms with E-state index in [4.69, 9.17) is 10.8 Å². The van der Waals surface area contributed by atoms with E-state index in [1.807, 2.05) is 13.8 Å². The first kappa shape index (κ1) is 9.44. The summed E-state index contributed by atoms with van der Waals surface area (Å²) >= 11 is 0. The lowest BCUT2D eigenvalue weighted by Crippen LogP contribution is -2.09. The number of anilines is 1. The summed E-state index contributed by atoms with van der Waals surface area (Å²) in [5.41, 5.74) is 5.94. The zero-order valence-electron chi connectivity index (χ0n) is 7.48. The van der Waals surface area contributed by atoms with Gasteiger partial charge in [-0.1, -0.05) is 13.8 Å². The number of carbonyl (C=O) groups is 1. The summed E-state index contributed by atoms with van der Waals surface area (Å²) in [7, 11) is 0. The van der Waals surface area contributed by atoms with Gasteiger partial charge in [0.05, 0.1) is 11.3 Å². The monoisotopic (exact) mass is 181 g/mol. The van der Waals surface area contributed by atoms with Gasteiger partial charge in [0.2, 0.25) is 5.95 Å². The minimum absolute atomic E-state index is 0.0244. The van der Waals surface area contributed by atoms with Crippen molar-refractivity contribution in [2.24, 2.45) is 0 Å². The quantitative estimate of drug-likeness (QED) is 0.706. The molecule has 0 amide bonds. The summed E-state index contributed by atoms with van der Waals surface area (Å²) in [5.74, 6) is -0.895. The molecule has 0 fully saturated rings. The maximum Gasteiger partial charge on any atom is 0.339 e. The summed E-state index contributed by atoms with van der Waals surface area (Å²) in [6, 6.07) is 0. The molecule has 0 radical (unpaired) electrons. The van der Waals surface area contributed by atoms with Crippen LogP contribution in [0.15, 0.2) is 6.20 Å². The molecule has 1 heterocycles. The molecule has 0 unspecified atom stereocenters. The van der Waals surface area contributed by atoms with Gasteiger partial charge in [-0.2, -0.15) is 0 Å². The van der Waals surface area contributed by atoms with E-state index in [0.717, 1.165) is 0 Å². The molecular weight excluding hydrogens is 170 g/mol. The van der Waals surface area contributed by atoms with Gasteiger partial charge in [-0.3, -0.25) is 0 Å². The Hall–Kier alpha value is -1.65. The van der Waals surface area contributed by atoms with Crippen molar-refractivity contribution >= 4 is 11.9 Å². The van der Waals surface area contributed by atoms with Crippen molar-refractivity contribution in [1.82, 2.24) is 9.97 Å². The van der Waals surface area contributed by atoms with Gasteiger partial charge in [0.1, 0.15) is 0 Å². The van der Waals surface area contributed by atoms with Gasteiger partial charge < -0.3 is 10.8 Å².